The molecule has 0 saturated carbocycles. The van der Waals surface area contributed by atoms with Crippen molar-refractivity contribution in [3.05, 3.63) is 87.9 Å². The van der Waals surface area contributed by atoms with Gasteiger partial charge in [-0.05, 0) is 60.5 Å². The Morgan fingerprint density at radius 3 is 2.57 bits per heavy atom. The predicted octanol–water partition coefficient (Wildman–Crippen LogP) is 6.29. The lowest BCUT2D eigenvalue weighted by Gasteiger charge is -2.24. The number of carbonyl (C=O) groups excluding carboxylic acids is 2. The molecule has 1 fully saturated rings. The van der Waals surface area contributed by atoms with Gasteiger partial charge in [-0.2, -0.15) is 0 Å². The largest absolute Gasteiger partial charge is 0.507 e. The topological polar surface area (TPSA) is 120 Å². The second kappa shape index (κ2) is 12.8. The van der Waals surface area contributed by atoms with Crippen molar-refractivity contribution in [3.8, 4) is 23.0 Å². The van der Waals surface area contributed by atoms with Crippen molar-refractivity contribution >= 4 is 57.3 Å². The van der Waals surface area contributed by atoms with Gasteiger partial charge in [0, 0.05) is 16.3 Å². The second-order valence-corrected chi connectivity index (χ2v) is 12.3. The molecule has 0 bridgehead atoms. The third-order valence-electron chi connectivity index (χ3n) is 6.94. The van der Waals surface area contributed by atoms with Crippen molar-refractivity contribution in [2.75, 3.05) is 31.8 Å². The lowest BCUT2D eigenvalue weighted by molar-refractivity contribution is -0.132. The van der Waals surface area contributed by atoms with Crippen LogP contribution in [0.5, 0.6) is 23.0 Å². The van der Waals surface area contributed by atoms with Crippen LogP contribution >= 0.6 is 34.7 Å². The normalized spacial score (nSPS) is 17.2. The minimum Gasteiger partial charge on any atom is -0.507 e. The fraction of sp³-hybridized carbons (Fsp3) is 0.226. The van der Waals surface area contributed by atoms with Gasteiger partial charge in [0.1, 0.15) is 19.0 Å². The number of anilines is 1. The van der Waals surface area contributed by atoms with E-state index in [-0.39, 0.29) is 16.5 Å². The minimum absolute atomic E-state index is 0.108. The zero-order valence-corrected chi connectivity index (χ0v) is 26.0. The van der Waals surface area contributed by atoms with Crippen LogP contribution in [-0.2, 0) is 15.3 Å². The highest BCUT2D eigenvalue weighted by molar-refractivity contribution is 8.00. The van der Waals surface area contributed by atoms with E-state index in [1.165, 1.54) is 35.1 Å². The van der Waals surface area contributed by atoms with Crippen LogP contribution in [0.3, 0.4) is 0 Å². The fourth-order valence-electron chi connectivity index (χ4n) is 4.90. The highest BCUT2D eigenvalue weighted by Crippen LogP contribution is 2.46. The monoisotopic (exact) mass is 651 g/mol. The van der Waals surface area contributed by atoms with E-state index in [4.69, 9.17) is 30.5 Å². The van der Waals surface area contributed by atoms with Gasteiger partial charge in [0.2, 0.25) is 5.13 Å². The molecule has 3 heterocycles. The van der Waals surface area contributed by atoms with Gasteiger partial charge in [-0.25, -0.2) is 0 Å². The summed E-state index contributed by atoms with van der Waals surface area (Å²) < 4.78 is 23.1. The quantitative estimate of drug-likeness (QED) is 0.0727. The number of ketones is 1. The molecule has 1 amide bonds. The molecule has 2 aliphatic rings. The first kappa shape index (κ1) is 29.8. The molecule has 6 rings (SSSR count). The van der Waals surface area contributed by atoms with E-state index in [1.54, 1.807) is 36.4 Å². The number of ether oxygens (including phenoxy) is 4. The maximum absolute atomic E-state index is 13.7. The molecule has 44 heavy (non-hydrogen) atoms. The van der Waals surface area contributed by atoms with Crippen LogP contribution < -0.4 is 23.8 Å². The molecule has 226 valence electrons. The summed E-state index contributed by atoms with van der Waals surface area (Å²) in [7, 11) is 1.50. The predicted molar refractivity (Wildman–Crippen MR) is 167 cm³/mol. The summed E-state index contributed by atoms with van der Waals surface area (Å²) in [5.74, 6) is 0.411. The van der Waals surface area contributed by atoms with Gasteiger partial charge in [-0.15, -0.1) is 10.2 Å². The number of benzene rings is 3. The van der Waals surface area contributed by atoms with Gasteiger partial charge in [0.25, 0.3) is 5.78 Å². The van der Waals surface area contributed by atoms with Crippen LogP contribution in [-0.4, -0.2) is 53.9 Å². The number of aliphatic hydroxyl groups is 1. The van der Waals surface area contributed by atoms with Crippen molar-refractivity contribution in [1.82, 2.24) is 10.2 Å². The highest BCUT2D eigenvalue weighted by Gasteiger charge is 2.48. The van der Waals surface area contributed by atoms with Gasteiger partial charge in [-0.1, -0.05) is 52.9 Å². The number of methoxy groups -OCH3 is 1. The molecular formula is C31H26ClN3O7S2. The van der Waals surface area contributed by atoms with E-state index < -0.39 is 17.7 Å². The zero-order valence-electron chi connectivity index (χ0n) is 23.6. The van der Waals surface area contributed by atoms with Crippen LogP contribution in [0.15, 0.2) is 70.6 Å². The first-order chi connectivity index (χ1) is 21.4. The number of aliphatic hydroxyl groups excluding tert-OH is 1. The number of hydrogen-bond acceptors (Lipinski definition) is 11. The van der Waals surface area contributed by atoms with E-state index in [2.05, 4.69) is 10.2 Å². The number of fused-ring (bicyclic) bond motifs is 1. The number of rotatable bonds is 9. The van der Waals surface area contributed by atoms with Crippen molar-refractivity contribution in [2.24, 2.45) is 0 Å². The molecule has 1 aromatic heterocycles. The zero-order chi connectivity index (χ0) is 30.8. The Kier molecular flexibility index (Phi) is 8.65. The van der Waals surface area contributed by atoms with Crippen molar-refractivity contribution in [3.63, 3.8) is 0 Å². The Hall–Kier alpha value is -4.26. The van der Waals surface area contributed by atoms with Crippen LogP contribution in [0.2, 0.25) is 5.02 Å². The number of thioether (sulfide) groups is 1. The standard InChI is InChI=1S/C31H26ClN3O7S2/c1-3-40-21-10-6-18(14-23(21)39-2)26-25(27(36)19-7-11-22-24(15-19)42-13-12-41-22)28(37)29(38)35(26)30-33-34-31(44-30)43-16-17-4-8-20(32)9-5-17/h4-11,14-15,26,36H,3,12-13,16H2,1-2H3/b27-25+. The molecule has 3 aromatic carbocycles. The molecule has 10 nitrogen and oxygen atoms in total. The van der Waals surface area contributed by atoms with Gasteiger partial charge >= 0.3 is 5.91 Å². The molecule has 1 atom stereocenters. The van der Waals surface area contributed by atoms with Crippen molar-refractivity contribution in [2.45, 2.75) is 23.1 Å². The van der Waals surface area contributed by atoms with Gasteiger partial charge in [0.15, 0.2) is 27.3 Å². The summed E-state index contributed by atoms with van der Waals surface area (Å²) in [5, 5.41) is 21.0. The first-order valence-electron chi connectivity index (χ1n) is 13.6. The van der Waals surface area contributed by atoms with Crippen molar-refractivity contribution in [1.29, 1.82) is 0 Å². The van der Waals surface area contributed by atoms with Gasteiger partial charge in [-0.3, -0.25) is 14.5 Å². The number of amides is 1. The lowest BCUT2D eigenvalue weighted by atomic mass is 9.95. The highest BCUT2D eigenvalue weighted by atomic mass is 35.5. The Morgan fingerprint density at radius 2 is 1.82 bits per heavy atom. The number of Topliss-reactive ketones (excluding diaryl/α,β-unsaturated/α-hetero) is 1. The second-order valence-electron chi connectivity index (χ2n) is 9.64. The molecule has 2 aliphatic heterocycles. The number of carbonyl (C=O) groups is 2. The van der Waals surface area contributed by atoms with E-state index in [0.717, 1.165) is 5.56 Å². The van der Waals surface area contributed by atoms with Gasteiger partial charge < -0.3 is 24.1 Å². The third-order valence-corrected chi connectivity index (χ3v) is 9.32. The third kappa shape index (κ3) is 5.80. The Balaban J connectivity index is 1.41. The first-order valence-corrected chi connectivity index (χ1v) is 15.8. The molecule has 0 aliphatic carbocycles. The SMILES string of the molecule is CCOc1ccc(C2/C(=C(\O)c3ccc4c(c3)OCCO4)C(=O)C(=O)N2c2nnc(SCc3ccc(Cl)cc3)s2)cc1OC. The minimum atomic E-state index is -1.03. The maximum atomic E-state index is 13.7. The van der Waals surface area contributed by atoms with Crippen LogP contribution in [0.4, 0.5) is 5.13 Å². The van der Waals surface area contributed by atoms with Crippen LogP contribution in [0.25, 0.3) is 5.76 Å². The average molecular weight is 652 g/mol. The molecule has 1 N–H and O–H groups in total. The number of aromatic nitrogens is 2. The summed E-state index contributed by atoms with van der Waals surface area (Å²) in [6.45, 7) is 3.03. The Bertz CT molecular complexity index is 1760. The van der Waals surface area contributed by atoms with Crippen LogP contribution in [0, 0.1) is 0 Å². The Labute approximate surface area is 266 Å². The molecule has 1 saturated heterocycles. The van der Waals surface area contributed by atoms with E-state index in [0.29, 0.717) is 69.1 Å². The summed E-state index contributed by atoms with van der Waals surface area (Å²) in [6, 6.07) is 16.4. The lowest BCUT2D eigenvalue weighted by Crippen LogP contribution is -2.29. The summed E-state index contributed by atoms with van der Waals surface area (Å²) in [6.07, 6.45) is 0. The average Bonchev–Trinajstić information content (AvgIpc) is 3.62. The number of halogens is 1. The maximum Gasteiger partial charge on any atom is 0.301 e. The molecule has 1 unspecified atom stereocenters. The molecule has 0 spiro atoms. The van der Waals surface area contributed by atoms with E-state index in [9.17, 15) is 14.7 Å². The smallest absolute Gasteiger partial charge is 0.301 e. The fourth-order valence-corrected chi connectivity index (χ4v) is 6.85. The molecule has 4 aromatic rings. The number of nitrogens with zero attached hydrogens (tertiary/aromatic N) is 3. The summed E-state index contributed by atoms with van der Waals surface area (Å²) >= 11 is 8.62. The summed E-state index contributed by atoms with van der Waals surface area (Å²) in [5.41, 5.74) is 1.74. The number of hydrogen-bond donors (Lipinski definition) is 1. The molecule has 0 radical (unpaired) electrons. The van der Waals surface area contributed by atoms with Crippen molar-refractivity contribution < 1.29 is 33.6 Å². The van der Waals surface area contributed by atoms with Crippen LogP contribution in [0.1, 0.15) is 29.7 Å². The van der Waals surface area contributed by atoms with E-state index >= 15 is 0 Å². The Morgan fingerprint density at radius 1 is 1.05 bits per heavy atom. The molecule has 13 heteroatoms. The summed E-state index contributed by atoms with van der Waals surface area (Å²) in [4.78, 5) is 28.6. The van der Waals surface area contributed by atoms with E-state index in [1.807, 2.05) is 31.2 Å². The molecular weight excluding hydrogens is 626 g/mol. The van der Waals surface area contributed by atoms with Gasteiger partial charge in [0.05, 0.1) is 25.3 Å².